The highest BCUT2D eigenvalue weighted by Crippen LogP contribution is 2.15. The number of nitrogens with one attached hydrogen (secondary N) is 1. The van der Waals surface area contributed by atoms with Gasteiger partial charge < -0.3 is 14.9 Å². The van der Waals surface area contributed by atoms with E-state index in [4.69, 9.17) is 15.3 Å². The zero-order valence-corrected chi connectivity index (χ0v) is 10.9. The van der Waals surface area contributed by atoms with Gasteiger partial charge >= 0.3 is 0 Å². The lowest BCUT2D eigenvalue weighted by atomic mass is 10.2. The van der Waals surface area contributed by atoms with Crippen molar-refractivity contribution in [2.45, 2.75) is 6.92 Å². The highest BCUT2D eigenvalue weighted by atomic mass is 16.5. The van der Waals surface area contributed by atoms with E-state index in [9.17, 15) is 0 Å². The molecule has 0 aromatic heterocycles. The van der Waals surface area contributed by atoms with Crippen LogP contribution in [0.1, 0.15) is 5.56 Å². The number of hydrazine groups is 1. The molecular formula is C15H18N2O2. The maximum atomic E-state index is 5.60. The number of nitrogens with two attached hydrogens (primary N) is 1. The Balaban J connectivity index is 1.74. The van der Waals surface area contributed by atoms with E-state index in [2.05, 4.69) is 5.43 Å². The molecule has 4 heteroatoms. The van der Waals surface area contributed by atoms with Crippen LogP contribution in [0.3, 0.4) is 0 Å². The second-order valence-electron chi connectivity index (χ2n) is 4.18. The second kappa shape index (κ2) is 6.66. The molecule has 19 heavy (non-hydrogen) atoms. The summed E-state index contributed by atoms with van der Waals surface area (Å²) in [6, 6.07) is 15.4. The van der Waals surface area contributed by atoms with Gasteiger partial charge in [0.15, 0.2) is 0 Å². The molecule has 0 saturated carbocycles. The molecule has 0 fully saturated rings. The minimum absolute atomic E-state index is 0.503. The Bertz CT molecular complexity index is 512. The summed E-state index contributed by atoms with van der Waals surface area (Å²) in [4.78, 5) is 0. The third kappa shape index (κ3) is 4.19. The Morgan fingerprint density at radius 3 is 2.26 bits per heavy atom. The van der Waals surface area contributed by atoms with Gasteiger partial charge in [0.25, 0.3) is 0 Å². The van der Waals surface area contributed by atoms with Gasteiger partial charge in [-0.3, -0.25) is 5.84 Å². The van der Waals surface area contributed by atoms with E-state index in [0.29, 0.717) is 13.2 Å². The molecule has 0 aliphatic rings. The van der Waals surface area contributed by atoms with Crippen molar-refractivity contribution in [1.29, 1.82) is 0 Å². The standard InChI is InChI=1S/C15H18N2O2/c1-12-3-2-4-15(11-12)19-10-9-18-14-7-5-13(17-16)6-8-14/h2-8,11,17H,9-10,16H2,1H3. The summed E-state index contributed by atoms with van der Waals surface area (Å²) in [6.45, 7) is 3.06. The third-order valence-corrected chi connectivity index (χ3v) is 2.63. The van der Waals surface area contributed by atoms with Gasteiger partial charge in [-0.15, -0.1) is 0 Å². The molecule has 2 aromatic carbocycles. The quantitative estimate of drug-likeness (QED) is 0.475. The molecule has 4 nitrogen and oxygen atoms in total. The van der Waals surface area contributed by atoms with Crippen LogP contribution in [0.5, 0.6) is 11.5 Å². The molecule has 3 N–H and O–H groups in total. The van der Waals surface area contributed by atoms with Crippen LogP contribution >= 0.6 is 0 Å². The topological polar surface area (TPSA) is 56.5 Å². The first-order valence-corrected chi connectivity index (χ1v) is 6.17. The number of aryl methyl sites for hydroxylation is 1. The molecule has 0 heterocycles. The number of rotatable bonds is 6. The van der Waals surface area contributed by atoms with Gasteiger partial charge in [0.1, 0.15) is 24.7 Å². The zero-order valence-electron chi connectivity index (χ0n) is 10.9. The Labute approximate surface area is 113 Å². The Morgan fingerprint density at radius 1 is 0.947 bits per heavy atom. The van der Waals surface area contributed by atoms with Gasteiger partial charge in [-0.1, -0.05) is 12.1 Å². The fourth-order valence-electron chi connectivity index (χ4n) is 1.67. The summed E-state index contributed by atoms with van der Waals surface area (Å²) in [5, 5.41) is 0. The minimum Gasteiger partial charge on any atom is -0.490 e. The van der Waals surface area contributed by atoms with E-state index < -0.39 is 0 Å². The monoisotopic (exact) mass is 258 g/mol. The average molecular weight is 258 g/mol. The summed E-state index contributed by atoms with van der Waals surface area (Å²) in [7, 11) is 0. The lowest BCUT2D eigenvalue weighted by Gasteiger charge is -2.09. The van der Waals surface area contributed by atoms with Crippen molar-refractivity contribution in [2.75, 3.05) is 18.6 Å². The fourth-order valence-corrected chi connectivity index (χ4v) is 1.67. The highest BCUT2D eigenvalue weighted by Gasteiger charge is 1.96. The molecule has 2 aromatic rings. The van der Waals surface area contributed by atoms with Crippen molar-refractivity contribution in [1.82, 2.24) is 0 Å². The van der Waals surface area contributed by atoms with E-state index in [1.807, 2.05) is 55.5 Å². The summed E-state index contributed by atoms with van der Waals surface area (Å²) in [5.74, 6) is 6.95. The molecular weight excluding hydrogens is 240 g/mol. The van der Waals surface area contributed by atoms with E-state index in [1.165, 1.54) is 5.56 Å². The summed E-state index contributed by atoms with van der Waals surface area (Å²) >= 11 is 0. The van der Waals surface area contributed by atoms with E-state index >= 15 is 0 Å². The molecule has 2 rings (SSSR count). The molecule has 100 valence electrons. The van der Waals surface area contributed by atoms with Crippen molar-refractivity contribution in [3.8, 4) is 11.5 Å². The molecule has 0 unspecified atom stereocenters. The number of nitrogen functional groups attached to an aromatic ring is 1. The SMILES string of the molecule is Cc1cccc(OCCOc2ccc(NN)cc2)c1. The number of anilines is 1. The molecule has 0 bridgehead atoms. The highest BCUT2D eigenvalue weighted by molar-refractivity contribution is 5.45. The van der Waals surface area contributed by atoms with Crippen molar-refractivity contribution in [3.63, 3.8) is 0 Å². The molecule has 0 spiro atoms. The number of benzene rings is 2. The molecule has 0 aliphatic carbocycles. The van der Waals surface area contributed by atoms with Crippen LogP contribution in [0.4, 0.5) is 5.69 Å². The number of ether oxygens (including phenoxy) is 2. The van der Waals surface area contributed by atoms with Crippen molar-refractivity contribution in [2.24, 2.45) is 5.84 Å². The third-order valence-electron chi connectivity index (χ3n) is 2.63. The average Bonchev–Trinajstić information content (AvgIpc) is 2.44. The van der Waals surface area contributed by atoms with Crippen LogP contribution in [-0.2, 0) is 0 Å². The molecule has 0 amide bonds. The van der Waals surface area contributed by atoms with Crippen LogP contribution in [0.25, 0.3) is 0 Å². The van der Waals surface area contributed by atoms with Crippen LogP contribution < -0.4 is 20.7 Å². The van der Waals surface area contributed by atoms with Gasteiger partial charge in [-0.2, -0.15) is 0 Å². The van der Waals surface area contributed by atoms with Crippen molar-refractivity contribution < 1.29 is 9.47 Å². The van der Waals surface area contributed by atoms with Gasteiger partial charge in [0.2, 0.25) is 0 Å². The van der Waals surface area contributed by atoms with Gasteiger partial charge in [-0.05, 0) is 48.9 Å². The van der Waals surface area contributed by atoms with Gasteiger partial charge in [0, 0.05) is 5.69 Å². The Morgan fingerprint density at radius 2 is 1.63 bits per heavy atom. The first-order chi connectivity index (χ1) is 9.28. The predicted molar refractivity (Wildman–Crippen MR) is 76.4 cm³/mol. The molecule has 0 saturated heterocycles. The van der Waals surface area contributed by atoms with Gasteiger partial charge in [-0.25, -0.2) is 0 Å². The van der Waals surface area contributed by atoms with E-state index in [0.717, 1.165) is 17.2 Å². The lowest BCUT2D eigenvalue weighted by Crippen LogP contribution is -2.09. The smallest absolute Gasteiger partial charge is 0.122 e. The number of hydrogen-bond donors (Lipinski definition) is 2. The van der Waals surface area contributed by atoms with Crippen molar-refractivity contribution >= 4 is 5.69 Å². The Kier molecular flexibility index (Phi) is 4.64. The largest absolute Gasteiger partial charge is 0.490 e. The molecule has 0 aliphatic heterocycles. The predicted octanol–water partition coefficient (Wildman–Crippen LogP) is 2.74. The second-order valence-corrected chi connectivity index (χ2v) is 4.18. The first-order valence-electron chi connectivity index (χ1n) is 6.17. The summed E-state index contributed by atoms with van der Waals surface area (Å²) < 4.78 is 11.2. The maximum absolute atomic E-state index is 5.60. The first kappa shape index (κ1) is 13.2. The minimum atomic E-state index is 0.503. The van der Waals surface area contributed by atoms with Crippen LogP contribution in [-0.4, -0.2) is 13.2 Å². The maximum Gasteiger partial charge on any atom is 0.122 e. The van der Waals surface area contributed by atoms with Crippen molar-refractivity contribution in [3.05, 3.63) is 54.1 Å². The fraction of sp³-hybridized carbons (Fsp3) is 0.200. The van der Waals surface area contributed by atoms with Crippen LogP contribution in [0.15, 0.2) is 48.5 Å². The number of hydrogen-bond acceptors (Lipinski definition) is 4. The Hall–Kier alpha value is -2.20. The molecule has 0 radical (unpaired) electrons. The summed E-state index contributed by atoms with van der Waals surface area (Å²) in [6.07, 6.45) is 0. The van der Waals surface area contributed by atoms with Crippen LogP contribution in [0.2, 0.25) is 0 Å². The zero-order chi connectivity index (χ0) is 13.5. The summed E-state index contributed by atoms with van der Waals surface area (Å²) in [5.41, 5.74) is 4.60. The van der Waals surface area contributed by atoms with E-state index in [1.54, 1.807) is 0 Å². The lowest BCUT2D eigenvalue weighted by molar-refractivity contribution is 0.217. The van der Waals surface area contributed by atoms with E-state index in [-0.39, 0.29) is 0 Å². The van der Waals surface area contributed by atoms with Crippen LogP contribution in [0, 0.1) is 6.92 Å². The normalized spacial score (nSPS) is 10.0. The molecule has 0 atom stereocenters. The van der Waals surface area contributed by atoms with Gasteiger partial charge in [0.05, 0.1) is 0 Å².